The van der Waals surface area contributed by atoms with Crippen molar-refractivity contribution in [3.8, 4) is 0 Å². The molecule has 0 aliphatic rings. The SMILES string of the molecule is Cl.Cl.Cl.O=S(=O)(O)O.[CaH2].[CaH2].[KH].[NaH]. The van der Waals surface area contributed by atoms with Gasteiger partial charge in [0.05, 0.1) is 0 Å². The van der Waals surface area contributed by atoms with E-state index in [2.05, 4.69) is 0 Å². The fourth-order valence-corrected chi connectivity index (χ4v) is 0. The maximum atomic E-state index is 8.74. The summed E-state index contributed by atoms with van der Waals surface area (Å²) >= 11 is 0. The van der Waals surface area contributed by atoms with Crippen LogP contribution in [0.5, 0.6) is 0 Å². The zero-order valence-electron chi connectivity index (χ0n) is 3.34. The van der Waals surface area contributed by atoms with Crippen LogP contribution in [0.1, 0.15) is 0 Å². The van der Waals surface area contributed by atoms with E-state index in [0.29, 0.717) is 0 Å². The summed E-state index contributed by atoms with van der Waals surface area (Å²) < 4.78 is 31.6. The second-order valence-electron chi connectivity index (χ2n) is 0.448. The zero-order valence-corrected chi connectivity index (χ0v) is 6.61. The molecular weight excluding hydrogens is 345 g/mol. The summed E-state index contributed by atoms with van der Waals surface area (Å²) in [4.78, 5) is 0. The van der Waals surface area contributed by atoms with Crippen LogP contribution in [-0.4, -0.2) is 174 Å². The number of hydrogen-bond acceptors (Lipinski definition) is 2. The van der Waals surface area contributed by atoms with Crippen LogP contribution in [0.25, 0.3) is 0 Å². The van der Waals surface area contributed by atoms with Crippen molar-refractivity contribution in [3.05, 3.63) is 0 Å². The summed E-state index contributed by atoms with van der Waals surface area (Å²) in [6.45, 7) is 0. The Labute approximate surface area is 215 Å². The molecule has 12 heavy (non-hydrogen) atoms. The molecule has 0 heterocycles. The first-order valence-electron chi connectivity index (χ1n) is 0.698. The first-order chi connectivity index (χ1) is 2.00. The van der Waals surface area contributed by atoms with E-state index in [1.165, 1.54) is 0 Å². The van der Waals surface area contributed by atoms with Gasteiger partial charge in [0.2, 0.25) is 0 Å². The molecule has 0 spiro atoms. The predicted molar refractivity (Wildman–Crippen MR) is 67.3 cm³/mol. The van der Waals surface area contributed by atoms with Gasteiger partial charge in [-0.15, -0.1) is 37.2 Å². The van der Waals surface area contributed by atoms with Crippen molar-refractivity contribution < 1.29 is 17.5 Å². The molecule has 68 valence electrons. The van der Waals surface area contributed by atoms with E-state index < -0.39 is 10.4 Å². The maximum absolute atomic E-state index is 8.74. The molecule has 0 rings (SSSR count). The quantitative estimate of drug-likeness (QED) is 0.372. The zero-order chi connectivity index (χ0) is 4.50. The third-order valence-electron chi connectivity index (χ3n) is 0. The molecule has 0 unspecified atom stereocenters. The molecule has 0 atom stereocenters. The van der Waals surface area contributed by atoms with Gasteiger partial charge in [-0.3, -0.25) is 9.11 Å². The van der Waals surface area contributed by atoms with E-state index in [1.54, 1.807) is 0 Å². The molecule has 0 amide bonds. The van der Waals surface area contributed by atoms with Crippen LogP contribution in [0.15, 0.2) is 0 Å². The van der Waals surface area contributed by atoms with E-state index in [9.17, 15) is 0 Å². The van der Waals surface area contributed by atoms with E-state index in [0.717, 1.165) is 0 Å². The van der Waals surface area contributed by atoms with Crippen molar-refractivity contribution >= 4 is 204 Å². The molecule has 0 aromatic rings. The molecule has 0 radical (unpaired) electrons. The molecule has 0 saturated carbocycles. The number of halogens is 3. The summed E-state index contributed by atoms with van der Waals surface area (Å²) in [7, 11) is -4.67. The van der Waals surface area contributed by atoms with Gasteiger partial charge < -0.3 is 0 Å². The predicted octanol–water partition coefficient (Wildman–Crippen LogP) is -2.52. The normalized spacial score (nSPS) is 4.83. The third kappa shape index (κ3) is 101. The van der Waals surface area contributed by atoms with Gasteiger partial charge in [0.1, 0.15) is 0 Å². The monoisotopic (exact) mass is 354 g/mol. The molecule has 0 saturated heterocycles. The van der Waals surface area contributed by atoms with Crippen LogP contribution < -0.4 is 0 Å². The van der Waals surface area contributed by atoms with E-state index in [4.69, 9.17) is 17.5 Å². The summed E-state index contributed by atoms with van der Waals surface area (Å²) in [6, 6.07) is 0. The second-order valence-corrected chi connectivity index (χ2v) is 1.34. The van der Waals surface area contributed by atoms with Crippen molar-refractivity contribution in [2.45, 2.75) is 0 Å². The van der Waals surface area contributed by atoms with Gasteiger partial charge in [-0.1, -0.05) is 0 Å². The molecule has 0 bridgehead atoms. The van der Waals surface area contributed by atoms with Gasteiger partial charge in [-0.05, 0) is 0 Å². The van der Waals surface area contributed by atoms with Crippen molar-refractivity contribution in [2.75, 3.05) is 0 Å². The second kappa shape index (κ2) is 30.2. The van der Waals surface area contributed by atoms with Gasteiger partial charge in [0, 0.05) is 0 Å². The summed E-state index contributed by atoms with van der Waals surface area (Å²) in [6.07, 6.45) is 0. The number of rotatable bonds is 0. The number of hydrogen-bond donors (Lipinski definition) is 2. The molecule has 12 heteroatoms. The summed E-state index contributed by atoms with van der Waals surface area (Å²) in [5.74, 6) is 0. The Morgan fingerprint density at radius 3 is 0.833 bits per heavy atom. The van der Waals surface area contributed by atoms with Gasteiger partial charge in [-0.2, -0.15) is 8.42 Å². The molecule has 2 N–H and O–H groups in total. The Kier molecular flexibility index (Phi) is 131. The molecule has 0 aliphatic heterocycles. The fraction of sp³-hybridized carbons (Fsp3) is 0. The van der Waals surface area contributed by atoms with E-state index >= 15 is 0 Å². The van der Waals surface area contributed by atoms with Crippen molar-refractivity contribution in [1.29, 1.82) is 0 Å². The Morgan fingerprint density at radius 1 is 0.833 bits per heavy atom. The van der Waals surface area contributed by atoms with Crippen molar-refractivity contribution in [2.24, 2.45) is 0 Å². The minimum absolute atomic E-state index is 0. The van der Waals surface area contributed by atoms with Crippen molar-refractivity contribution in [1.82, 2.24) is 0 Å². The topological polar surface area (TPSA) is 74.6 Å². The van der Waals surface area contributed by atoms with Gasteiger partial charge >= 0.3 is 167 Å². The fourth-order valence-electron chi connectivity index (χ4n) is 0. The van der Waals surface area contributed by atoms with E-state index in [-0.39, 0.29) is 194 Å². The summed E-state index contributed by atoms with van der Waals surface area (Å²) in [5.41, 5.74) is 0. The minimum atomic E-state index is -4.67. The van der Waals surface area contributed by atoms with Crippen LogP contribution in [-0.2, 0) is 10.4 Å². The molecule has 0 aromatic carbocycles. The van der Waals surface area contributed by atoms with Gasteiger partial charge in [0.25, 0.3) is 0 Å². The van der Waals surface area contributed by atoms with E-state index in [1.807, 2.05) is 0 Å². The molecule has 0 aromatic heterocycles. The van der Waals surface area contributed by atoms with Crippen LogP contribution in [0.2, 0.25) is 0 Å². The van der Waals surface area contributed by atoms with Crippen LogP contribution in [0, 0.1) is 0 Å². The Hall–Kier alpha value is 5.90. The van der Waals surface area contributed by atoms with Crippen LogP contribution >= 0.6 is 37.2 Å². The van der Waals surface area contributed by atoms with Crippen LogP contribution in [0.4, 0.5) is 0 Å². The molecule has 0 aliphatic carbocycles. The van der Waals surface area contributed by atoms with Crippen LogP contribution in [0.3, 0.4) is 0 Å². The molecule has 4 nitrogen and oxygen atoms in total. The summed E-state index contributed by atoms with van der Waals surface area (Å²) in [5, 5.41) is 0. The van der Waals surface area contributed by atoms with Crippen molar-refractivity contribution in [3.63, 3.8) is 0 Å². The third-order valence-corrected chi connectivity index (χ3v) is 0. The Morgan fingerprint density at radius 2 is 0.833 bits per heavy atom. The molecule has 0 fully saturated rings. The van der Waals surface area contributed by atoms with Gasteiger partial charge in [-0.25, -0.2) is 0 Å². The standard InChI is InChI=1S/2Ca.3ClH.K.Na.H2O4S.6H/c;;;;;;;1-5(2,3)4;;;;;;/h;;3*1H;;;(H2,1,2,3,4);;;;;;. The first kappa shape index (κ1) is 52.2. The average Bonchev–Trinajstić information content (AvgIpc) is 0.722. The van der Waals surface area contributed by atoms with Gasteiger partial charge in [0.15, 0.2) is 0 Å². The Bertz CT molecular complexity index is 111. The first-order valence-corrected chi connectivity index (χ1v) is 2.10. The molecular formula is H11Ca2Cl3KNaO4S. The Balaban J connectivity index is -0.00000000381. The average molecular weight is 356 g/mol.